The Labute approximate surface area is 165 Å². The molecule has 1 aromatic heterocycles. The summed E-state index contributed by atoms with van der Waals surface area (Å²) in [6, 6.07) is 7.73. The Morgan fingerprint density at radius 3 is 2.57 bits per heavy atom. The number of piperidine rings is 1. The van der Waals surface area contributed by atoms with E-state index in [2.05, 4.69) is 24.0 Å². The molecule has 6 nitrogen and oxygen atoms in total. The summed E-state index contributed by atoms with van der Waals surface area (Å²) in [7, 11) is 0. The Morgan fingerprint density at radius 1 is 1.11 bits per heavy atom. The number of aryl methyl sites for hydroxylation is 1. The highest BCUT2D eigenvalue weighted by molar-refractivity contribution is 5.81. The van der Waals surface area contributed by atoms with Crippen molar-refractivity contribution < 1.29 is 13.9 Å². The SMILES string of the molecule is CCc1ccc2c(CN3CCC(C(=O)N4CCOCC4)CC3)cc(=O)oc2c1. The first-order valence-electron chi connectivity index (χ1n) is 10.3. The lowest BCUT2D eigenvalue weighted by Crippen LogP contribution is -2.46. The van der Waals surface area contributed by atoms with Crippen molar-refractivity contribution in [3.63, 3.8) is 0 Å². The van der Waals surface area contributed by atoms with Crippen LogP contribution in [-0.4, -0.2) is 55.1 Å². The van der Waals surface area contributed by atoms with Gasteiger partial charge >= 0.3 is 5.63 Å². The molecule has 2 aliphatic heterocycles. The van der Waals surface area contributed by atoms with Crippen LogP contribution in [0.5, 0.6) is 0 Å². The van der Waals surface area contributed by atoms with Crippen LogP contribution in [0.25, 0.3) is 11.0 Å². The molecule has 2 aliphatic rings. The number of morpholine rings is 1. The Kier molecular flexibility index (Phi) is 5.78. The molecule has 4 rings (SSSR count). The van der Waals surface area contributed by atoms with Gasteiger partial charge in [-0.3, -0.25) is 9.69 Å². The van der Waals surface area contributed by atoms with Gasteiger partial charge in [0.1, 0.15) is 5.58 Å². The summed E-state index contributed by atoms with van der Waals surface area (Å²) in [4.78, 5) is 29.0. The fraction of sp³-hybridized carbons (Fsp3) is 0.545. The van der Waals surface area contributed by atoms with Crippen LogP contribution in [-0.2, 0) is 22.5 Å². The van der Waals surface area contributed by atoms with Crippen molar-refractivity contribution in [1.29, 1.82) is 0 Å². The van der Waals surface area contributed by atoms with Gasteiger partial charge in [0.2, 0.25) is 5.91 Å². The maximum atomic E-state index is 12.7. The van der Waals surface area contributed by atoms with E-state index < -0.39 is 0 Å². The number of amides is 1. The third-order valence-electron chi connectivity index (χ3n) is 5.96. The van der Waals surface area contributed by atoms with Gasteiger partial charge in [0.25, 0.3) is 0 Å². The molecule has 2 aromatic rings. The molecule has 0 unspecified atom stereocenters. The Balaban J connectivity index is 1.42. The molecule has 2 saturated heterocycles. The van der Waals surface area contributed by atoms with Crippen molar-refractivity contribution in [3.05, 3.63) is 45.8 Å². The minimum Gasteiger partial charge on any atom is -0.423 e. The van der Waals surface area contributed by atoms with E-state index in [4.69, 9.17) is 9.15 Å². The third-order valence-corrected chi connectivity index (χ3v) is 5.96. The zero-order valence-electron chi connectivity index (χ0n) is 16.5. The van der Waals surface area contributed by atoms with Gasteiger partial charge in [-0.15, -0.1) is 0 Å². The maximum Gasteiger partial charge on any atom is 0.336 e. The monoisotopic (exact) mass is 384 g/mol. The molecule has 0 bridgehead atoms. The second-order valence-electron chi connectivity index (χ2n) is 7.76. The highest BCUT2D eigenvalue weighted by Gasteiger charge is 2.29. The second kappa shape index (κ2) is 8.45. The molecule has 3 heterocycles. The first-order chi connectivity index (χ1) is 13.6. The topological polar surface area (TPSA) is 63.0 Å². The molecule has 0 N–H and O–H groups in total. The van der Waals surface area contributed by atoms with Gasteiger partial charge in [-0.1, -0.05) is 19.1 Å². The molecule has 0 aliphatic carbocycles. The van der Waals surface area contributed by atoms with Crippen LogP contribution < -0.4 is 5.63 Å². The van der Waals surface area contributed by atoms with E-state index in [1.807, 2.05) is 11.0 Å². The Morgan fingerprint density at radius 2 is 1.86 bits per heavy atom. The van der Waals surface area contributed by atoms with E-state index in [0.29, 0.717) is 38.4 Å². The van der Waals surface area contributed by atoms with E-state index in [0.717, 1.165) is 48.9 Å². The average molecular weight is 384 g/mol. The molecule has 0 radical (unpaired) electrons. The fourth-order valence-corrected chi connectivity index (χ4v) is 4.25. The number of fused-ring (bicyclic) bond motifs is 1. The summed E-state index contributed by atoms with van der Waals surface area (Å²) >= 11 is 0. The third kappa shape index (κ3) is 4.13. The van der Waals surface area contributed by atoms with Crippen LogP contribution in [0.2, 0.25) is 0 Å². The highest BCUT2D eigenvalue weighted by Crippen LogP contribution is 2.24. The first kappa shape index (κ1) is 19.2. The number of carbonyl (C=O) groups is 1. The molecule has 28 heavy (non-hydrogen) atoms. The molecule has 0 saturated carbocycles. The lowest BCUT2D eigenvalue weighted by atomic mass is 9.94. The number of nitrogens with zero attached hydrogens (tertiary/aromatic N) is 2. The van der Waals surface area contributed by atoms with Crippen molar-refractivity contribution >= 4 is 16.9 Å². The summed E-state index contributed by atoms with van der Waals surface area (Å²) in [6.45, 7) is 7.26. The Hall–Kier alpha value is -2.18. The van der Waals surface area contributed by atoms with Crippen molar-refractivity contribution in [1.82, 2.24) is 9.80 Å². The van der Waals surface area contributed by atoms with E-state index >= 15 is 0 Å². The van der Waals surface area contributed by atoms with Crippen LogP contribution in [0.4, 0.5) is 0 Å². The van der Waals surface area contributed by atoms with Gasteiger partial charge in [0, 0.05) is 37.0 Å². The highest BCUT2D eigenvalue weighted by atomic mass is 16.5. The number of hydrogen-bond donors (Lipinski definition) is 0. The largest absolute Gasteiger partial charge is 0.423 e. The number of likely N-dealkylation sites (tertiary alicyclic amines) is 1. The predicted molar refractivity (Wildman–Crippen MR) is 107 cm³/mol. The minimum absolute atomic E-state index is 0.110. The average Bonchev–Trinajstić information content (AvgIpc) is 2.74. The summed E-state index contributed by atoms with van der Waals surface area (Å²) in [6.07, 6.45) is 2.65. The van der Waals surface area contributed by atoms with Gasteiger partial charge in [0.15, 0.2) is 0 Å². The zero-order chi connectivity index (χ0) is 19.5. The second-order valence-corrected chi connectivity index (χ2v) is 7.76. The van der Waals surface area contributed by atoms with E-state index in [-0.39, 0.29) is 17.5 Å². The predicted octanol–water partition coefficient (Wildman–Crippen LogP) is 2.43. The van der Waals surface area contributed by atoms with E-state index in [9.17, 15) is 9.59 Å². The van der Waals surface area contributed by atoms with Crippen molar-refractivity contribution in [3.8, 4) is 0 Å². The lowest BCUT2D eigenvalue weighted by molar-refractivity contribution is -0.141. The summed E-state index contributed by atoms with van der Waals surface area (Å²) < 4.78 is 10.8. The number of ether oxygens (including phenoxy) is 1. The molecule has 0 spiro atoms. The van der Waals surface area contributed by atoms with Crippen molar-refractivity contribution in [2.24, 2.45) is 5.92 Å². The van der Waals surface area contributed by atoms with Crippen LogP contribution >= 0.6 is 0 Å². The molecule has 6 heteroatoms. The van der Waals surface area contributed by atoms with Crippen LogP contribution in [0.15, 0.2) is 33.5 Å². The first-order valence-corrected chi connectivity index (χ1v) is 10.3. The smallest absolute Gasteiger partial charge is 0.336 e. The lowest BCUT2D eigenvalue weighted by Gasteiger charge is -2.35. The summed E-state index contributed by atoms with van der Waals surface area (Å²) in [5, 5.41) is 1.00. The van der Waals surface area contributed by atoms with E-state index in [1.165, 1.54) is 0 Å². The zero-order valence-corrected chi connectivity index (χ0v) is 16.5. The standard InChI is InChI=1S/C22H28N2O4/c1-2-16-3-4-19-18(14-21(25)28-20(19)13-16)15-23-7-5-17(6-8-23)22(26)24-9-11-27-12-10-24/h3-4,13-14,17H,2,5-12,15H2,1H3. The van der Waals surface area contributed by atoms with Gasteiger partial charge in [-0.05, 0) is 49.5 Å². The quantitative estimate of drug-likeness (QED) is 0.758. The molecule has 1 amide bonds. The van der Waals surface area contributed by atoms with Crippen molar-refractivity contribution in [2.75, 3.05) is 39.4 Å². The van der Waals surface area contributed by atoms with Gasteiger partial charge in [0.05, 0.1) is 13.2 Å². The fourth-order valence-electron chi connectivity index (χ4n) is 4.25. The molecular weight excluding hydrogens is 356 g/mol. The molecule has 0 atom stereocenters. The number of hydrogen-bond acceptors (Lipinski definition) is 5. The number of benzene rings is 1. The number of rotatable bonds is 4. The molecule has 2 fully saturated rings. The maximum absolute atomic E-state index is 12.7. The van der Waals surface area contributed by atoms with Gasteiger partial charge in [-0.25, -0.2) is 4.79 Å². The number of carbonyl (C=O) groups excluding carboxylic acids is 1. The van der Waals surface area contributed by atoms with E-state index in [1.54, 1.807) is 6.07 Å². The normalized spacial score (nSPS) is 19.2. The van der Waals surface area contributed by atoms with Crippen LogP contribution in [0, 0.1) is 5.92 Å². The van der Waals surface area contributed by atoms with Crippen LogP contribution in [0.1, 0.15) is 30.9 Å². The molecule has 1 aromatic carbocycles. The summed E-state index contributed by atoms with van der Waals surface area (Å²) in [5.74, 6) is 0.389. The Bertz CT molecular complexity index is 893. The minimum atomic E-state index is -0.298. The van der Waals surface area contributed by atoms with Gasteiger partial charge in [-0.2, -0.15) is 0 Å². The summed E-state index contributed by atoms with van der Waals surface area (Å²) in [5.41, 5.74) is 2.54. The molecule has 150 valence electrons. The molecular formula is C22H28N2O4. The van der Waals surface area contributed by atoms with Crippen LogP contribution in [0.3, 0.4) is 0 Å². The van der Waals surface area contributed by atoms with Crippen molar-refractivity contribution in [2.45, 2.75) is 32.7 Å². The van der Waals surface area contributed by atoms with Gasteiger partial charge < -0.3 is 14.1 Å².